The van der Waals surface area contributed by atoms with Crippen LogP contribution in [0, 0.1) is 0 Å². The molecule has 0 spiro atoms. The van der Waals surface area contributed by atoms with Gasteiger partial charge in [0.05, 0.1) is 11.3 Å². The third-order valence-electron chi connectivity index (χ3n) is 5.37. The average Bonchev–Trinajstić information content (AvgIpc) is 3.12. The summed E-state index contributed by atoms with van der Waals surface area (Å²) in [6, 6.07) is 7.10. The Labute approximate surface area is 168 Å². The van der Waals surface area contributed by atoms with Gasteiger partial charge in [-0.25, -0.2) is 8.42 Å². The molecule has 1 N–H and O–H groups in total. The number of carbonyl (C=O) groups is 1. The van der Waals surface area contributed by atoms with Crippen LogP contribution in [0.25, 0.3) is 0 Å². The number of hydrogen-bond acceptors (Lipinski definition) is 4. The number of amides is 1. The summed E-state index contributed by atoms with van der Waals surface area (Å²) in [4.78, 5) is 14.9. The van der Waals surface area contributed by atoms with Gasteiger partial charge in [0.2, 0.25) is 15.9 Å². The number of halogens is 1. The van der Waals surface area contributed by atoms with Gasteiger partial charge in [-0.05, 0) is 50.4 Å². The molecule has 152 valence electrons. The lowest BCUT2D eigenvalue weighted by Crippen LogP contribution is -2.41. The first-order chi connectivity index (χ1) is 12.5. The number of likely N-dealkylation sites (tertiary alicyclic amines) is 1. The lowest BCUT2D eigenvalue weighted by molar-refractivity contribution is -0.131. The first-order valence-corrected chi connectivity index (χ1v) is 11.0. The maximum Gasteiger partial charge on any atom is 0.243 e. The van der Waals surface area contributed by atoms with Crippen molar-refractivity contribution in [1.29, 1.82) is 0 Å². The van der Waals surface area contributed by atoms with E-state index in [1.165, 1.54) is 0 Å². The number of sulfonamides is 1. The predicted molar refractivity (Wildman–Crippen MR) is 109 cm³/mol. The standard InChI is InChI=1S/C19H29N3O3S.ClH/c1-20-15-17-6-5-13-22(17)19(23)14-16-7-9-18(10-8-16)26(24,25)21-11-3-2-4-12-21;/h7-10,17,20H,2-6,11-15H2,1H3;1H. The lowest BCUT2D eigenvalue weighted by Gasteiger charge is -2.26. The third-order valence-corrected chi connectivity index (χ3v) is 7.28. The van der Waals surface area contributed by atoms with Crippen LogP contribution < -0.4 is 5.32 Å². The molecule has 2 heterocycles. The molecule has 1 amide bonds. The molecule has 2 aliphatic rings. The van der Waals surface area contributed by atoms with Crippen molar-refractivity contribution in [1.82, 2.24) is 14.5 Å². The van der Waals surface area contributed by atoms with E-state index >= 15 is 0 Å². The molecular formula is C19H30ClN3O3S. The van der Waals surface area contributed by atoms with Crippen molar-refractivity contribution in [3.8, 4) is 0 Å². The number of nitrogens with zero attached hydrogens (tertiary/aromatic N) is 2. The summed E-state index contributed by atoms with van der Waals surface area (Å²) in [5, 5.41) is 3.15. The second-order valence-electron chi connectivity index (χ2n) is 7.23. The molecule has 2 fully saturated rings. The van der Waals surface area contributed by atoms with Crippen LogP contribution in [0.15, 0.2) is 29.2 Å². The smallest absolute Gasteiger partial charge is 0.243 e. The summed E-state index contributed by atoms with van der Waals surface area (Å²) in [5.41, 5.74) is 0.864. The molecule has 1 aromatic carbocycles. The minimum atomic E-state index is -3.41. The summed E-state index contributed by atoms with van der Waals surface area (Å²) in [7, 11) is -1.50. The van der Waals surface area contributed by atoms with Crippen LogP contribution in [0.5, 0.6) is 0 Å². The van der Waals surface area contributed by atoms with Crippen LogP contribution in [-0.4, -0.2) is 62.8 Å². The Morgan fingerprint density at radius 3 is 2.37 bits per heavy atom. The molecule has 27 heavy (non-hydrogen) atoms. The Bertz CT molecular complexity index is 718. The van der Waals surface area contributed by atoms with Crippen LogP contribution in [0.3, 0.4) is 0 Å². The van der Waals surface area contributed by atoms with E-state index in [1.807, 2.05) is 11.9 Å². The molecule has 0 aliphatic carbocycles. The molecule has 0 bridgehead atoms. The van der Waals surface area contributed by atoms with Crippen molar-refractivity contribution in [3.05, 3.63) is 29.8 Å². The minimum absolute atomic E-state index is 0. The molecule has 1 unspecified atom stereocenters. The molecule has 2 aliphatic heterocycles. The van der Waals surface area contributed by atoms with Gasteiger partial charge in [-0.3, -0.25) is 4.79 Å². The third kappa shape index (κ3) is 5.22. The zero-order valence-electron chi connectivity index (χ0n) is 15.9. The SMILES string of the molecule is CNCC1CCCN1C(=O)Cc1ccc(S(=O)(=O)N2CCCCC2)cc1.Cl. The summed E-state index contributed by atoms with van der Waals surface area (Å²) in [5.74, 6) is 0.120. The molecule has 8 heteroatoms. The van der Waals surface area contributed by atoms with Gasteiger partial charge < -0.3 is 10.2 Å². The fraction of sp³-hybridized carbons (Fsp3) is 0.632. The lowest BCUT2D eigenvalue weighted by atomic mass is 10.1. The molecule has 6 nitrogen and oxygen atoms in total. The van der Waals surface area contributed by atoms with Crippen molar-refractivity contribution in [2.75, 3.05) is 33.2 Å². The molecule has 0 saturated carbocycles. The molecule has 0 aromatic heterocycles. The number of benzene rings is 1. The van der Waals surface area contributed by atoms with Crippen molar-refractivity contribution in [2.24, 2.45) is 0 Å². The quantitative estimate of drug-likeness (QED) is 0.771. The fourth-order valence-electron chi connectivity index (χ4n) is 3.92. The van der Waals surface area contributed by atoms with E-state index in [2.05, 4.69) is 5.32 Å². The fourth-order valence-corrected chi connectivity index (χ4v) is 5.44. The van der Waals surface area contributed by atoms with Crippen LogP contribution >= 0.6 is 12.4 Å². The average molecular weight is 416 g/mol. The van der Waals surface area contributed by atoms with E-state index in [-0.39, 0.29) is 24.4 Å². The molecular weight excluding hydrogens is 386 g/mol. The predicted octanol–water partition coefficient (Wildman–Crippen LogP) is 2.04. The van der Waals surface area contributed by atoms with Crippen molar-refractivity contribution in [3.63, 3.8) is 0 Å². The van der Waals surface area contributed by atoms with Crippen LogP contribution in [0.4, 0.5) is 0 Å². The second-order valence-corrected chi connectivity index (χ2v) is 9.16. The van der Waals surface area contributed by atoms with Gasteiger partial charge in [-0.15, -0.1) is 12.4 Å². The van der Waals surface area contributed by atoms with Gasteiger partial charge >= 0.3 is 0 Å². The molecule has 1 aromatic rings. The molecule has 2 saturated heterocycles. The van der Waals surface area contributed by atoms with Crippen molar-refractivity contribution < 1.29 is 13.2 Å². The Balaban J connectivity index is 0.00000261. The number of hydrogen-bond donors (Lipinski definition) is 1. The Kier molecular flexibility index (Phi) is 8.09. The van der Waals surface area contributed by atoms with Crippen molar-refractivity contribution >= 4 is 28.3 Å². The molecule has 1 atom stereocenters. The zero-order chi connectivity index (χ0) is 18.6. The minimum Gasteiger partial charge on any atom is -0.338 e. The summed E-state index contributed by atoms with van der Waals surface area (Å²) in [6.07, 6.45) is 5.36. The van der Waals surface area contributed by atoms with Gasteiger partial charge in [0.25, 0.3) is 0 Å². The Hall–Kier alpha value is -1.15. The van der Waals surface area contributed by atoms with Gasteiger partial charge in [0, 0.05) is 32.2 Å². The summed E-state index contributed by atoms with van der Waals surface area (Å²) < 4.78 is 26.9. The normalized spacial score (nSPS) is 21.1. The Morgan fingerprint density at radius 1 is 1.07 bits per heavy atom. The summed E-state index contributed by atoms with van der Waals surface area (Å²) in [6.45, 7) is 2.83. The van der Waals surface area contributed by atoms with E-state index in [9.17, 15) is 13.2 Å². The largest absolute Gasteiger partial charge is 0.338 e. The van der Waals surface area contributed by atoms with Gasteiger partial charge in [0.1, 0.15) is 0 Å². The van der Waals surface area contributed by atoms with E-state index in [1.54, 1.807) is 28.6 Å². The van der Waals surface area contributed by atoms with E-state index in [4.69, 9.17) is 0 Å². The maximum absolute atomic E-state index is 12.7. The highest BCUT2D eigenvalue weighted by Gasteiger charge is 2.28. The summed E-state index contributed by atoms with van der Waals surface area (Å²) >= 11 is 0. The number of likely N-dealkylation sites (N-methyl/N-ethyl adjacent to an activating group) is 1. The number of piperidine rings is 1. The highest BCUT2D eigenvalue weighted by atomic mass is 35.5. The Morgan fingerprint density at radius 2 is 1.74 bits per heavy atom. The monoisotopic (exact) mass is 415 g/mol. The van der Waals surface area contributed by atoms with Gasteiger partial charge in [-0.2, -0.15) is 4.31 Å². The van der Waals surface area contributed by atoms with Crippen LogP contribution in [-0.2, 0) is 21.2 Å². The van der Waals surface area contributed by atoms with Gasteiger partial charge in [0.15, 0.2) is 0 Å². The maximum atomic E-state index is 12.7. The number of nitrogens with one attached hydrogen (secondary N) is 1. The highest BCUT2D eigenvalue weighted by Crippen LogP contribution is 2.22. The highest BCUT2D eigenvalue weighted by molar-refractivity contribution is 7.89. The van der Waals surface area contributed by atoms with Gasteiger partial charge in [-0.1, -0.05) is 18.6 Å². The number of carbonyl (C=O) groups excluding carboxylic acids is 1. The van der Waals surface area contributed by atoms with E-state index in [0.717, 1.165) is 50.8 Å². The zero-order valence-corrected chi connectivity index (χ0v) is 17.5. The second kappa shape index (κ2) is 9.87. The van der Waals surface area contributed by atoms with E-state index in [0.29, 0.717) is 24.4 Å². The topological polar surface area (TPSA) is 69.7 Å². The number of rotatable bonds is 6. The first-order valence-electron chi connectivity index (χ1n) is 9.55. The van der Waals surface area contributed by atoms with Crippen molar-refractivity contribution in [2.45, 2.75) is 49.5 Å². The molecule has 3 rings (SSSR count). The van der Waals surface area contributed by atoms with Crippen LogP contribution in [0.1, 0.15) is 37.7 Å². The van der Waals surface area contributed by atoms with Crippen LogP contribution in [0.2, 0.25) is 0 Å². The van der Waals surface area contributed by atoms with E-state index < -0.39 is 10.0 Å². The first kappa shape index (κ1) is 22.1. The molecule has 0 radical (unpaired) electrons.